The molecule has 120 valence electrons. The average Bonchev–Trinajstić information content (AvgIpc) is 2.84. The summed E-state index contributed by atoms with van der Waals surface area (Å²) in [5.41, 5.74) is 1.96. The summed E-state index contributed by atoms with van der Waals surface area (Å²) in [6, 6.07) is 0. The average molecular weight is 294 g/mol. The molecule has 3 nitrogen and oxygen atoms in total. The predicted molar refractivity (Wildman–Crippen MR) is 86.0 cm³/mol. The zero-order valence-corrected chi connectivity index (χ0v) is 13.9. The number of hydrogen-bond acceptors (Lipinski definition) is 3. The lowest BCUT2D eigenvalue weighted by molar-refractivity contribution is -0.137. The number of carbonyl (C=O) groups is 1. The van der Waals surface area contributed by atoms with Crippen LogP contribution in [-0.4, -0.2) is 23.3 Å². The molecule has 1 N–H and O–H groups in total. The third-order valence-electron chi connectivity index (χ3n) is 4.26. The lowest BCUT2D eigenvalue weighted by Gasteiger charge is -2.23. The first-order valence-electron chi connectivity index (χ1n) is 8.15. The van der Waals surface area contributed by atoms with Gasteiger partial charge in [-0.3, -0.25) is 0 Å². The van der Waals surface area contributed by atoms with Crippen molar-refractivity contribution in [1.82, 2.24) is 0 Å². The maximum Gasteiger partial charge on any atom is 0.331 e. The van der Waals surface area contributed by atoms with Crippen molar-refractivity contribution in [3.05, 3.63) is 23.3 Å². The van der Waals surface area contributed by atoms with Crippen LogP contribution in [0.2, 0.25) is 0 Å². The largest absolute Gasteiger partial charge is 0.463 e. The molecular weight excluding hydrogens is 264 g/mol. The molecule has 1 rings (SSSR count). The number of carbonyl (C=O) groups excluding carboxylic acids is 1. The Labute approximate surface area is 129 Å². The highest BCUT2D eigenvalue weighted by molar-refractivity contribution is 5.83. The molecule has 0 aliphatic heterocycles. The number of esters is 1. The van der Waals surface area contributed by atoms with Crippen LogP contribution in [-0.2, 0) is 9.53 Å². The van der Waals surface area contributed by atoms with Crippen molar-refractivity contribution in [2.75, 3.05) is 6.61 Å². The maximum atomic E-state index is 11.4. The van der Waals surface area contributed by atoms with Gasteiger partial charge in [-0.25, -0.2) is 4.79 Å². The third-order valence-corrected chi connectivity index (χ3v) is 4.26. The molecule has 0 aromatic carbocycles. The summed E-state index contributed by atoms with van der Waals surface area (Å²) in [6.45, 7) is 8.41. The van der Waals surface area contributed by atoms with Gasteiger partial charge in [0.05, 0.1) is 12.2 Å². The number of ether oxygens (including phenoxy) is 1. The zero-order valence-electron chi connectivity index (χ0n) is 13.9. The molecule has 0 saturated carbocycles. The van der Waals surface area contributed by atoms with Crippen molar-refractivity contribution in [3.63, 3.8) is 0 Å². The van der Waals surface area contributed by atoms with Crippen molar-refractivity contribution in [1.29, 1.82) is 0 Å². The van der Waals surface area contributed by atoms with Gasteiger partial charge in [0.2, 0.25) is 0 Å². The molecule has 1 aliphatic rings. The van der Waals surface area contributed by atoms with E-state index < -0.39 is 5.60 Å². The van der Waals surface area contributed by atoms with Crippen LogP contribution in [0, 0.1) is 5.92 Å². The van der Waals surface area contributed by atoms with E-state index in [0.29, 0.717) is 12.5 Å². The van der Waals surface area contributed by atoms with E-state index in [0.717, 1.165) is 44.1 Å². The lowest BCUT2D eigenvalue weighted by atomic mass is 9.89. The highest BCUT2D eigenvalue weighted by Gasteiger charge is 2.20. The first-order valence-corrected chi connectivity index (χ1v) is 8.15. The van der Waals surface area contributed by atoms with E-state index in [4.69, 9.17) is 4.74 Å². The third kappa shape index (κ3) is 6.94. The molecule has 2 unspecified atom stereocenters. The number of allylic oxidation sites excluding steroid dienone is 3. The van der Waals surface area contributed by atoms with Crippen molar-refractivity contribution in [2.24, 2.45) is 5.92 Å². The summed E-state index contributed by atoms with van der Waals surface area (Å²) in [5.74, 6) is 0.327. The predicted octanol–water partition coefficient (Wildman–Crippen LogP) is 4.16. The summed E-state index contributed by atoms with van der Waals surface area (Å²) in [4.78, 5) is 11.4. The zero-order chi connectivity index (χ0) is 15.9. The second kappa shape index (κ2) is 8.38. The summed E-state index contributed by atoms with van der Waals surface area (Å²) in [6.07, 6.45) is 9.48. The summed E-state index contributed by atoms with van der Waals surface area (Å²) in [5, 5.41) is 10.0. The van der Waals surface area contributed by atoms with Gasteiger partial charge in [-0.15, -0.1) is 0 Å². The van der Waals surface area contributed by atoms with E-state index in [-0.39, 0.29) is 5.97 Å². The quantitative estimate of drug-likeness (QED) is 0.540. The minimum atomic E-state index is -0.534. The Balaban J connectivity index is 2.43. The Morgan fingerprint density at radius 3 is 2.81 bits per heavy atom. The van der Waals surface area contributed by atoms with E-state index in [1.165, 1.54) is 5.57 Å². The normalized spacial score (nSPS) is 21.0. The standard InChI is InChI=1S/C18H30O3/c1-5-18(4,20)10-9-14(3)11-15-7-8-16(12-15)13-17(19)21-6-2/h12-14,20H,5-11H2,1-4H3. The molecule has 0 saturated heterocycles. The fourth-order valence-corrected chi connectivity index (χ4v) is 2.61. The Hall–Kier alpha value is -1.09. The van der Waals surface area contributed by atoms with Gasteiger partial charge in [0.25, 0.3) is 0 Å². The molecule has 21 heavy (non-hydrogen) atoms. The summed E-state index contributed by atoms with van der Waals surface area (Å²) in [7, 11) is 0. The molecule has 0 amide bonds. The van der Waals surface area contributed by atoms with Crippen molar-refractivity contribution < 1.29 is 14.6 Å². The molecule has 1 aliphatic carbocycles. The van der Waals surface area contributed by atoms with Gasteiger partial charge in [-0.2, -0.15) is 0 Å². The summed E-state index contributed by atoms with van der Waals surface area (Å²) < 4.78 is 4.94. The smallest absolute Gasteiger partial charge is 0.331 e. The minimum absolute atomic E-state index is 0.239. The van der Waals surface area contributed by atoms with Gasteiger partial charge in [0.1, 0.15) is 0 Å². The van der Waals surface area contributed by atoms with Crippen LogP contribution < -0.4 is 0 Å². The lowest BCUT2D eigenvalue weighted by Crippen LogP contribution is -2.23. The van der Waals surface area contributed by atoms with Crippen LogP contribution in [0.15, 0.2) is 23.3 Å². The van der Waals surface area contributed by atoms with E-state index in [9.17, 15) is 9.90 Å². The van der Waals surface area contributed by atoms with Crippen LogP contribution in [0.4, 0.5) is 0 Å². The molecular formula is C18H30O3. The van der Waals surface area contributed by atoms with Crippen molar-refractivity contribution >= 4 is 5.97 Å². The molecule has 0 aromatic heterocycles. The molecule has 0 bridgehead atoms. The molecule has 0 aromatic rings. The second-order valence-corrected chi connectivity index (χ2v) is 6.47. The van der Waals surface area contributed by atoms with Gasteiger partial charge in [-0.05, 0) is 63.9 Å². The van der Waals surface area contributed by atoms with Crippen LogP contribution in [0.25, 0.3) is 0 Å². The fourth-order valence-electron chi connectivity index (χ4n) is 2.61. The Morgan fingerprint density at radius 1 is 1.48 bits per heavy atom. The van der Waals surface area contributed by atoms with Crippen LogP contribution in [0.5, 0.6) is 0 Å². The van der Waals surface area contributed by atoms with Gasteiger partial charge in [0.15, 0.2) is 0 Å². The van der Waals surface area contributed by atoms with Gasteiger partial charge in [-0.1, -0.05) is 25.5 Å². The molecule has 0 radical (unpaired) electrons. The number of hydrogen-bond donors (Lipinski definition) is 1. The summed E-state index contributed by atoms with van der Waals surface area (Å²) >= 11 is 0. The van der Waals surface area contributed by atoms with Crippen LogP contribution in [0.3, 0.4) is 0 Å². The highest BCUT2D eigenvalue weighted by Crippen LogP contribution is 2.30. The minimum Gasteiger partial charge on any atom is -0.463 e. The van der Waals surface area contributed by atoms with E-state index in [1.54, 1.807) is 6.08 Å². The molecule has 2 atom stereocenters. The first kappa shape index (κ1) is 18.0. The van der Waals surface area contributed by atoms with E-state index in [1.807, 2.05) is 20.8 Å². The van der Waals surface area contributed by atoms with Crippen molar-refractivity contribution in [2.45, 2.75) is 71.8 Å². The fraction of sp³-hybridized carbons (Fsp3) is 0.722. The Morgan fingerprint density at radius 2 is 2.19 bits per heavy atom. The second-order valence-electron chi connectivity index (χ2n) is 6.47. The maximum absolute atomic E-state index is 11.4. The molecule has 0 fully saturated rings. The van der Waals surface area contributed by atoms with Crippen LogP contribution in [0.1, 0.15) is 66.2 Å². The van der Waals surface area contributed by atoms with Crippen LogP contribution >= 0.6 is 0 Å². The van der Waals surface area contributed by atoms with E-state index in [2.05, 4.69) is 13.0 Å². The first-order chi connectivity index (χ1) is 9.86. The Bertz CT molecular complexity index is 405. The number of rotatable bonds is 8. The number of aliphatic hydroxyl groups is 1. The molecule has 3 heteroatoms. The van der Waals surface area contributed by atoms with E-state index >= 15 is 0 Å². The molecule has 0 spiro atoms. The SMILES string of the molecule is CCOC(=O)C=C1C=C(CC(C)CCC(C)(O)CC)CC1. The van der Waals surface area contributed by atoms with Gasteiger partial charge >= 0.3 is 5.97 Å². The van der Waals surface area contributed by atoms with Crippen molar-refractivity contribution in [3.8, 4) is 0 Å². The Kier molecular flexibility index (Phi) is 7.16. The monoisotopic (exact) mass is 294 g/mol. The molecule has 0 heterocycles. The van der Waals surface area contributed by atoms with Gasteiger partial charge in [0, 0.05) is 6.08 Å². The highest BCUT2D eigenvalue weighted by atomic mass is 16.5. The van der Waals surface area contributed by atoms with Gasteiger partial charge < -0.3 is 9.84 Å². The topological polar surface area (TPSA) is 46.5 Å².